The van der Waals surface area contributed by atoms with E-state index in [4.69, 9.17) is 23.2 Å². The number of hydrogen-bond donors (Lipinski definition) is 2. The number of carbonyl (C=O) groups is 2. The first-order valence-corrected chi connectivity index (χ1v) is 9.11. The van der Waals surface area contributed by atoms with Gasteiger partial charge in [-0.25, -0.2) is 0 Å². The summed E-state index contributed by atoms with van der Waals surface area (Å²) >= 11 is 12.4. The number of phenols is 1. The van der Waals surface area contributed by atoms with E-state index < -0.39 is 18.2 Å². The molecule has 3 aliphatic rings. The lowest BCUT2D eigenvalue weighted by Gasteiger charge is -2.47. The van der Waals surface area contributed by atoms with Crippen molar-refractivity contribution in [1.29, 1.82) is 0 Å². The molecule has 0 aromatic heterocycles. The van der Waals surface area contributed by atoms with E-state index in [0.29, 0.717) is 48.0 Å². The highest BCUT2D eigenvalue weighted by atomic mass is 35.5. The minimum atomic E-state index is -0.790. The fourth-order valence-electron chi connectivity index (χ4n) is 4.35. The summed E-state index contributed by atoms with van der Waals surface area (Å²) in [6, 6.07) is 1.70. The van der Waals surface area contributed by atoms with Gasteiger partial charge in [0.05, 0.1) is 16.1 Å². The topological polar surface area (TPSA) is 81.1 Å². The fraction of sp³-hybridized carbons (Fsp3) is 0.529. The number of nitrogens with zero attached hydrogens (tertiary/aromatic N) is 2. The first-order valence-electron chi connectivity index (χ1n) is 8.36. The van der Waals surface area contributed by atoms with E-state index in [2.05, 4.69) is 0 Å². The maximum atomic E-state index is 12.8. The molecule has 3 fully saturated rings. The van der Waals surface area contributed by atoms with Gasteiger partial charge in [-0.3, -0.25) is 9.59 Å². The molecule has 0 spiro atoms. The first kappa shape index (κ1) is 16.9. The van der Waals surface area contributed by atoms with Crippen molar-refractivity contribution in [3.63, 3.8) is 0 Å². The van der Waals surface area contributed by atoms with Crippen LogP contribution in [0.1, 0.15) is 30.7 Å². The lowest BCUT2D eigenvalue weighted by atomic mass is 9.82. The molecule has 134 valence electrons. The van der Waals surface area contributed by atoms with E-state index in [0.717, 1.165) is 0 Å². The van der Waals surface area contributed by atoms with Crippen molar-refractivity contribution < 1.29 is 19.8 Å². The maximum Gasteiger partial charge on any atom is 0.248 e. The second kappa shape index (κ2) is 6.04. The van der Waals surface area contributed by atoms with Crippen LogP contribution in [0.25, 0.3) is 0 Å². The van der Waals surface area contributed by atoms with Gasteiger partial charge < -0.3 is 20.0 Å². The van der Waals surface area contributed by atoms with Crippen LogP contribution in [-0.2, 0) is 9.59 Å². The predicted octanol–water partition coefficient (Wildman–Crippen LogP) is 1.75. The van der Waals surface area contributed by atoms with Gasteiger partial charge in [0.1, 0.15) is 17.8 Å². The number of rotatable bonds is 1. The number of amides is 2. The monoisotopic (exact) mass is 384 g/mol. The van der Waals surface area contributed by atoms with Crippen LogP contribution in [0.5, 0.6) is 5.75 Å². The molecular formula is C17H18Cl2N2O4. The van der Waals surface area contributed by atoms with Crippen molar-refractivity contribution in [2.24, 2.45) is 0 Å². The van der Waals surface area contributed by atoms with E-state index in [1.807, 2.05) is 0 Å². The van der Waals surface area contributed by atoms with Crippen molar-refractivity contribution in [1.82, 2.24) is 9.80 Å². The summed E-state index contributed by atoms with van der Waals surface area (Å²) in [4.78, 5) is 28.6. The molecule has 1 aromatic rings. The molecule has 0 aliphatic carbocycles. The maximum absolute atomic E-state index is 12.8. The van der Waals surface area contributed by atoms with Crippen molar-refractivity contribution in [3.8, 4) is 5.75 Å². The highest BCUT2D eigenvalue weighted by Gasteiger charge is 2.53. The highest BCUT2D eigenvalue weighted by Crippen LogP contribution is 2.44. The largest absolute Gasteiger partial charge is 0.508 e. The van der Waals surface area contributed by atoms with Crippen molar-refractivity contribution in [2.75, 3.05) is 13.1 Å². The highest BCUT2D eigenvalue weighted by molar-refractivity contribution is 6.42. The number of phenolic OH excluding ortho intramolecular Hbond substituents is 1. The van der Waals surface area contributed by atoms with Gasteiger partial charge in [-0.1, -0.05) is 23.2 Å². The van der Waals surface area contributed by atoms with Crippen LogP contribution < -0.4 is 0 Å². The number of aliphatic hydroxyl groups is 1. The molecule has 3 aliphatic heterocycles. The number of piperidine rings is 1. The molecule has 0 saturated carbocycles. The molecule has 0 bridgehead atoms. The number of aliphatic hydroxyl groups excluding tert-OH is 1. The molecule has 3 heterocycles. The van der Waals surface area contributed by atoms with E-state index in [1.54, 1.807) is 4.90 Å². The van der Waals surface area contributed by atoms with Crippen molar-refractivity contribution in [2.45, 2.75) is 43.4 Å². The van der Waals surface area contributed by atoms with Gasteiger partial charge in [-0.05, 0) is 37.3 Å². The second-order valence-corrected chi connectivity index (χ2v) is 7.68. The summed E-state index contributed by atoms with van der Waals surface area (Å²) < 4.78 is 0. The number of halogens is 2. The Morgan fingerprint density at radius 1 is 1.04 bits per heavy atom. The lowest BCUT2D eigenvalue weighted by Crippen LogP contribution is -2.66. The smallest absolute Gasteiger partial charge is 0.248 e. The van der Waals surface area contributed by atoms with E-state index >= 15 is 0 Å². The van der Waals surface area contributed by atoms with Gasteiger partial charge in [-0.2, -0.15) is 0 Å². The van der Waals surface area contributed by atoms with Crippen LogP contribution in [-0.4, -0.2) is 63.1 Å². The zero-order valence-electron chi connectivity index (χ0n) is 13.4. The number of piperazine rings is 1. The van der Waals surface area contributed by atoms with Crippen LogP contribution >= 0.6 is 23.2 Å². The molecule has 4 rings (SSSR count). The molecule has 25 heavy (non-hydrogen) atoms. The molecule has 8 heteroatoms. The van der Waals surface area contributed by atoms with Gasteiger partial charge in [0.15, 0.2) is 0 Å². The Kier molecular flexibility index (Phi) is 4.09. The summed E-state index contributed by atoms with van der Waals surface area (Å²) in [6.45, 7) is 0.786. The molecular weight excluding hydrogens is 367 g/mol. The summed E-state index contributed by atoms with van der Waals surface area (Å²) in [5.74, 6) is -0.428. The van der Waals surface area contributed by atoms with Crippen LogP contribution in [0.15, 0.2) is 12.1 Å². The third-order valence-corrected chi connectivity index (χ3v) is 6.41. The van der Waals surface area contributed by atoms with Gasteiger partial charge in [-0.15, -0.1) is 0 Å². The van der Waals surface area contributed by atoms with Gasteiger partial charge >= 0.3 is 0 Å². The molecule has 4 atom stereocenters. The molecule has 0 radical (unpaired) electrons. The average Bonchev–Trinajstić information content (AvgIpc) is 2.98. The summed E-state index contributed by atoms with van der Waals surface area (Å²) in [6.07, 6.45) is 0.595. The Morgan fingerprint density at radius 3 is 2.52 bits per heavy atom. The van der Waals surface area contributed by atoms with Gasteiger partial charge in [0.2, 0.25) is 11.8 Å². The SMILES string of the molecule is O=C1[C@@H]2C[C@H](c3c(O)ccc(Cl)c3Cl)CCN2C(=O)C2[C@H](O)CCN12. The molecule has 1 aromatic carbocycles. The van der Waals surface area contributed by atoms with Crippen molar-refractivity contribution in [3.05, 3.63) is 27.7 Å². The fourth-order valence-corrected chi connectivity index (χ4v) is 4.83. The standard InChI is InChI=1S/C17H18Cl2N2O4/c18-9-1-2-11(22)13(14(9)19)8-3-5-20-10(7-8)16(24)21-6-4-12(23)15(21)17(20)25/h1-2,8,10,12,15,22-23H,3-7H2/t8-,10+,12-,15?/m1/s1. The number of fused-ring (bicyclic) bond motifs is 2. The van der Waals surface area contributed by atoms with Crippen molar-refractivity contribution >= 4 is 35.0 Å². The third-order valence-electron chi connectivity index (χ3n) is 5.59. The molecule has 2 amide bonds. The summed E-state index contributed by atoms with van der Waals surface area (Å²) in [5, 5.41) is 20.9. The second-order valence-electron chi connectivity index (χ2n) is 6.90. The van der Waals surface area contributed by atoms with Crippen LogP contribution in [0.3, 0.4) is 0 Å². The zero-order valence-corrected chi connectivity index (χ0v) is 14.9. The Bertz CT molecular complexity index is 756. The normalized spacial score (nSPS) is 32.0. The molecule has 3 saturated heterocycles. The Hall–Kier alpha value is -1.50. The average molecular weight is 385 g/mol. The van der Waals surface area contributed by atoms with Gasteiger partial charge in [0, 0.05) is 18.7 Å². The van der Waals surface area contributed by atoms with Gasteiger partial charge in [0.25, 0.3) is 0 Å². The van der Waals surface area contributed by atoms with E-state index in [-0.39, 0.29) is 23.5 Å². The Balaban J connectivity index is 1.65. The summed E-state index contributed by atoms with van der Waals surface area (Å²) in [7, 11) is 0. The minimum Gasteiger partial charge on any atom is -0.508 e. The molecule has 2 N–H and O–H groups in total. The number of benzene rings is 1. The number of aromatic hydroxyl groups is 1. The molecule has 1 unspecified atom stereocenters. The minimum absolute atomic E-state index is 0.0527. The predicted molar refractivity (Wildman–Crippen MR) is 91.7 cm³/mol. The Labute approximate surface area is 154 Å². The van der Waals surface area contributed by atoms with E-state index in [1.165, 1.54) is 17.0 Å². The Morgan fingerprint density at radius 2 is 1.76 bits per heavy atom. The molecule has 6 nitrogen and oxygen atoms in total. The lowest BCUT2D eigenvalue weighted by molar-refractivity contribution is -0.164. The van der Waals surface area contributed by atoms with Crippen LogP contribution in [0, 0.1) is 0 Å². The quantitative estimate of drug-likeness (QED) is 0.772. The summed E-state index contributed by atoms with van der Waals surface area (Å²) in [5.41, 5.74) is 0.539. The zero-order chi connectivity index (χ0) is 17.9. The first-order chi connectivity index (χ1) is 11.9. The van der Waals surface area contributed by atoms with E-state index in [9.17, 15) is 19.8 Å². The number of hydrogen-bond acceptors (Lipinski definition) is 4. The third kappa shape index (κ3) is 2.50. The van der Waals surface area contributed by atoms with Crippen LogP contribution in [0.2, 0.25) is 10.0 Å². The number of carbonyl (C=O) groups excluding carboxylic acids is 2. The van der Waals surface area contributed by atoms with Crippen LogP contribution in [0.4, 0.5) is 0 Å².